The predicted molar refractivity (Wildman–Crippen MR) is 127 cm³/mol. The molecule has 3 aliphatic rings. The minimum atomic E-state index is -0.867. The van der Waals surface area contributed by atoms with Crippen LogP contribution in [0.3, 0.4) is 0 Å². The molecule has 7 heteroatoms. The molecule has 8 atom stereocenters. The van der Waals surface area contributed by atoms with Crippen LogP contribution in [0.15, 0.2) is 36.5 Å². The second kappa shape index (κ2) is 10.3. The van der Waals surface area contributed by atoms with Crippen molar-refractivity contribution < 1.29 is 33.3 Å². The Morgan fingerprint density at radius 1 is 1.24 bits per heavy atom. The maximum Gasteiger partial charge on any atom is 0.306 e. The first-order valence-corrected chi connectivity index (χ1v) is 12.2. The largest absolute Gasteiger partial charge is 0.458 e. The Kier molecular flexibility index (Phi) is 8.10. The van der Waals surface area contributed by atoms with Crippen molar-refractivity contribution in [3.05, 3.63) is 36.5 Å². The summed E-state index contributed by atoms with van der Waals surface area (Å²) in [5.74, 6) is -0.464. The summed E-state index contributed by atoms with van der Waals surface area (Å²) in [6.07, 6.45) is 4.73. The van der Waals surface area contributed by atoms with E-state index in [-0.39, 0.29) is 29.3 Å². The van der Waals surface area contributed by atoms with E-state index >= 15 is 0 Å². The normalized spacial score (nSPS) is 38.8. The number of ether oxygens (including phenoxy) is 5. The fraction of sp³-hybridized carbons (Fsp3) is 0.704. The molecule has 1 aliphatic heterocycles. The van der Waals surface area contributed by atoms with Crippen LogP contribution < -0.4 is 0 Å². The molecule has 34 heavy (non-hydrogen) atoms. The van der Waals surface area contributed by atoms with Gasteiger partial charge in [0.15, 0.2) is 6.29 Å². The van der Waals surface area contributed by atoms with Gasteiger partial charge < -0.3 is 23.7 Å². The number of methoxy groups -OCH3 is 2. The van der Waals surface area contributed by atoms with Gasteiger partial charge in [-0.3, -0.25) is 9.59 Å². The highest BCUT2D eigenvalue weighted by Crippen LogP contribution is 2.67. The Hall–Kier alpha value is -1.96. The molecule has 190 valence electrons. The van der Waals surface area contributed by atoms with Gasteiger partial charge in [0.1, 0.15) is 6.10 Å². The molecule has 2 aliphatic carbocycles. The van der Waals surface area contributed by atoms with Crippen molar-refractivity contribution in [1.82, 2.24) is 0 Å². The molecule has 0 bridgehead atoms. The van der Waals surface area contributed by atoms with Gasteiger partial charge in [-0.15, -0.1) is 0 Å². The SMILES string of the molecule is C=CC(=C)CC[C@]1(C)[C@H](C)C[C@H](OC)[C@@]23C(=C[C@H](OC(=O)CC)C[C@@H]12)[C@@H](OC)O[C@H]3OC(C)=O. The molecule has 0 N–H and O–H groups in total. The van der Waals surface area contributed by atoms with Crippen LogP contribution in [0.1, 0.15) is 59.8 Å². The number of carbonyl (C=O) groups excluding carboxylic acids is 2. The van der Waals surface area contributed by atoms with Crippen molar-refractivity contribution in [3.8, 4) is 0 Å². The van der Waals surface area contributed by atoms with Gasteiger partial charge in [0.05, 0.1) is 11.5 Å². The maximum absolute atomic E-state index is 12.3. The van der Waals surface area contributed by atoms with Gasteiger partial charge in [0.2, 0.25) is 6.29 Å². The molecule has 7 nitrogen and oxygen atoms in total. The van der Waals surface area contributed by atoms with E-state index in [1.165, 1.54) is 6.92 Å². The number of esters is 2. The van der Waals surface area contributed by atoms with E-state index < -0.39 is 30.1 Å². The van der Waals surface area contributed by atoms with Gasteiger partial charge in [-0.2, -0.15) is 0 Å². The molecule has 1 saturated heterocycles. The Morgan fingerprint density at radius 2 is 1.94 bits per heavy atom. The average molecular weight is 477 g/mol. The number of allylic oxidation sites excluding steroid dienone is 2. The quantitative estimate of drug-likeness (QED) is 0.271. The second-order valence-electron chi connectivity index (χ2n) is 10.1. The smallest absolute Gasteiger partial charge is 0.306 e. The minimum absolute atomic E-state index is 0.0644. The van der Waals surface area contributed by atoms with Crippen LogP contribution >= 0.6 is 0 Å². The highest BCUT2D eigenvalue weighted by molar-refractivity contribution is 5.69. The van der Waals surface area contributed by atoms with Crippen LogP contribution in [0.5, 0.6) is 0 Å². The lowest BCUT2D eigenvalue weighted by Gasteiger charge is -2.61. The van der Waals surface area contributed by atoms with Crippen molar-refractivity contribution in [1.29, 1.82) is 0 Å². The summed E-state index contributed by atoms with van der Waals surface area (Å²) < 4.78 is 29.7. The van der Waals surface area contributed by atoms with Crippen LogP contribution in [0.25, 0.3) is 0 Å². The molecule has 1 heterocycles. The van der Waals surface area contributed by atoms with Crippen LogP contribution in [0.2, 0.25) is 0 Å². The van der Waals surface area contributed by atoms with Gasteiger partial charge in [-0.1, -0.05) is 45.6 Å². The molecule has 2 fully saturated rings. The monoisotopic (exact) mass is 476 g/mol. The van der Waals surface area contributed by atoms with Crippen molar-refractivity contribution in [2.75, 3.05) is 14.2 Å². The molecular weight excluding hydrogens is 436 g/mol. The molecular formula is C27H40O7. The number of hydrogen-bond donors (Lipinski definition) is 0. The standard InChI is InChI=1S/C27H40O7/c1-9-16(3)11-12-26(6)17(4)13-22(30-7)27-20(24(31-8)34-25(27)32-18(5)28)14-19(15-21(26)27)33-23(29)10-2/h9,14,17,19,21-22,24-25H,1,3,10-13,15H2,2,4-8H3/t17-,19+,21+,22+,24+,25-,26-,27-/m1/s1. The molecule has 3 rings (SSSR count). The lowest BCUT2D eigenvalue weighted by atomic mass is 9.45. The third kappa shape index (κ3) is 4.38. The highest BCUT2D eigenvalue weighted by atomic mass is 16.8. The van der Waals surface area contributed by atoms with E-state index in [1.807, 2.05) is 6.08 Å². The maximum atomic E-state index is 12.3. The topological polar surface area (TPSA) is 80.3 Å². The number of rotatable bonds is 9. The minimum Gasteiger partial charge on any atom is -0.458 e. The molecule has 0 aromatic carbocycles. The van der Waals surface area contributed by atoms with E-state index in [2.05, 4.69) is 27.0 Å². The van der Waals surface area contributed by atoms with Gasteiger partial charge in [-0.25, -0.2) is 0 Å². The summed E-state index contributed by atoms with van der Waals surface area (Å²) >= 11 is 0. The molecule has 1 spiro atoms. The molecule has 0 aromatic heterocycles. The third-order valence-electron chi connectivity index (χ3n) is 8.44. The summed E-state index contributed by atoms with van der Waals surface area (Å²) in [6, 6.07) is 0. The lowest BCUT2D eigenvalue weighted by molar-refractivity contribution is -0.258. The van der Waals surface area contributed by atoms with E-state index in [1.54, 1.807) is 27.2 Å². The number of hydrogen-bond acceptors (Lipinski definition) is 7. The van der Waals surface area contributed by atoms with E-state index in [4.69, 9.17) is 23.7 Å². The molecule has 0 radical (unpaired) electrons. The zero-order valence-corrected chi connectivity index (χ0v) is 21.4. The Balaban J connectivity index is 2.20. The highest BCUT2D eigenvalue weighted by Gasteiger charge is 2.71. The first-order valence-electron chi connectivity index (χ1n) is 12.2. The second-order valence-corrected chi connectivity index (χ2v) is 10.1. The van der Waals surface area contributed by atoms with Gasteiger partial charge >= 0.3 is 11.9 Å². The summed E-state index contributed by atoms with van der Waals surface area (Å²) in [5.41, 5.74) is 0.846. The van der Waals surface area contributed by atoms with Gasteiger partial charge in [0.25, 0.3) is 0 Å². The summed E-state index contributed by atoms with van der Waals surface area (Å²) in [6.45, 7) is 15.7. The summed E-state index contributed by atoms with van der Waals surface area (Å²) in [7, 11) is 3.25. The zero-order chi connectivity index (χ0) is 25.3. The fourth-order valence-corrected chi connectivity index (χ4v) is 6.46. The first kappa shape index (κ1) is 26.6. The molecule has 1 saturated carbocycles. The Labute approximate surface area is 203 Å². The predicted octanol–water partition coefficient (Wildman–Crippen LogP) is 4.72. The van der Waals surface area contributed by atoms with Gasteiger partial charge in [0, 0.05) is 33.1 Å². The van der Waals surface area contributed by atoms with E-state index in [0.29, 0.717) is 12.8 Å². The zero-order valence-electron chi connectivity index (χ0n) is 21.4. The first-order chi connectivity index (χ1) is 16.1. The van der Waals surface area contributed by atoms with Crippen LogP contribution in [0, 0.1) is 22.7 Å². The molecule has 0 unspecified atom stereocenters. The van der Waals surface area contributed by atoms with Crippen molar-refractivity contribution in [2.45, 2.75) is 84.6 Å². The van der Waals surface area contributed by atoms with Crippen LogP contribution in [-0.4, -0.2) is 50.9 Å². The Bertz CT molecular complexity index is 848. The number of carbonyl (C=O) groups is 2. The molecule has 0 amide bonds. The van der Waals surface area contributed by atoms with Crippen LogP contribution in [-0.2, 0) is 33.3 Å². The molecule has 0 aromatic rings. The fourth-order valence-electron chi connectivity index (χ4n) is 6.46. The third-order valence-corrected chi connectivity index (χ3v) is 8.44. The van der Waals surface area contributed by atoms with Crippen molar-refractivity contribution in [3.63, 3.8) is 0 Å². The van der Waals surface area contributed by atoms with Gasteiger partial charge in [-0.05, 0) is 49.0 Å². The summed E-state index contributed by atoms with van der Waals surface area (Å²) in [4.78, 5) is 24.4. The van der Waals surface area contributed by atoms with Crippen LogP contribution in [0.4, 0.5) is 0 Å². The lowest BCUT2D eigenvalue weighted by Crippen LogP contribution is -2.63. The summed E-state index contributed by atoms with van der Waals surface area (Å²) in [5, 5.41) is 0. The average Bonchev–Trinajstić information content (AvgIpc) is 3.12. The van der Waals surface area contributed by atoms with Crippen molar-refractivity contribution >= 4 is 11.9 Å². The Morgan fingerprint density at radius 3 is 2.50 bits per heavy atom. The van der Waals surface area contributed by atoms with Crippen molar-refractivity contribution in [2.24, 2.45) is 22.7 Å². The van der Waals surface area contributed by atoms with E-state index in [9.17, 15) is 9.59 Å². The van der Waals surface area contributed by atoms with E-state index in [0.717, 1.165) is 30.4 Å².